The standard InChI is InChI=1S/C7H9O2P.C4H10/c1-6-2-4-7(5-3-6)9-10-8;1-3-4-2/h2-5,8,10H,1H3;3-4H2,1-2H3. The minimum atomic E-state index is -0.468. The van der Waals surface area contributed by atoms with E-state index in [1.165, 1.54) is 18.4 Å². The zero-order valence-electron chi connectivity index (χ0n) is 9.08. The van der Waals surface area contributed by atoms with Gasteiger partial charge in [-0.15, -0.1) is 0 Å². The minimum Gasteiger partial charge on any atom is -0.450 e. The highest BCUT2D eigenvalue weighted by Crippen LogP contribution is 2.17. The molecular formula is C11H19O2P. The van der Waals surface area contributed by atoms with E-state index in [-0.39, 0.29) is 0 Å². The second-order valence-electron chi connectivity index (χ2n) is 3.01. The second kappa shape index (κ2) is 8.98. The summed E-state index contributed by atoms with van der Waals surface area (Å²) in [6, 6.07) is 7.54. The predicted molar refractivity (Wildman–Crippen MR) is 62.9 cm³/mol. The summed E-state index contributed by atoms with van der Waals surface area (Å²) in [5.41, 5.74) is 1.19. The molecule has 1 aromatic carbocycles. The largest absolute Gasteiger partial charge is 0.450 e. The van der Waals surface area contributed by atoms with Gasteiger partial charge in [-0.25, -0.2) is 0 Å². The van der Waals surface area contributed by atoms with Crippen LogP contribution >= 0.6 is 9.03 Å². The van der Waals surface area contributed by atoms with Crippen molar-refractivity contribution in [3.63, 3.8) is 0 Å². The molecule has 1 aromatic rings. The molecule has 1 rings (SSSR count). The summed E-state index contributed by atoms with van der Waals surface area (Å²) in [4.78, 5) is 8.39. The van der Waals surface area contributed by atoms with E-state index in [1.807, 2.05) is 31.2 Å². The van der Waals surface area contributed by atoms with Gasteiger partial charge in [0.15, 0.2) is 0 Å². The lowest BCUT2D eigenvalue weighted by atomic mass is 10.2. The monoisotopic (exact) mass is 214 g/mol. The zero-order chi connectivity index (χ0) is 10.8. The van der Waals surface area contributed by atoms with Crippen LogP contribution < -0.4 is 4.52 Å². The molecule has 0 heterocycles. The molecule has 3 heteroatoms. The highest BCUT2D eigenvalue weighted by Gasteiger charge is 1.88. The number of hydrogen-bond donors (Lipinski definition) is 1. The summed E-state index contributed by atoms with van der Waals surface area (Å²) in [6.45, 7) is 6.37. The fourth-order valence-electron chi connectivity index (χ4n) is 0.659. The summed E-state index contributed by atoms with van der Waals surface area (Å²) in [7, 11) is -0.468. The highest BCUT2D eigenvalue weighted by molar-refractivity contribution is 7.25. The molecule has 0 saturated heterocycles. The van der Waals surface area contributed by atoms with Crippen molar-refractivity contribution in [1.82, 2.24) is 0 Å². The fraction of sp³-hybridized carbons (Fsp3) is 0.455. The quantitative estimate of drug-likeness (QED) is 0.778. The molecule has 0 aliphatic heterocycles. The Hall–Kier alpha value is -0.590. The van der Waals surface area contributed by atoms with E-state index in [2.05, 4.69) is 13.8 Å². The number of unbranched alkanes of at least 4 members (excludes halogenated alkanes) is 1. The number of aryl methyl sites for hydroxylation is 1. The summed E-state index contributed by atoms with van der Waals surface area (Å²) < 4.78 is 4.84. The molecule has 0 amide bonds. The van der Waals surface area contributed by atoms with Gasteiger partial charge in [0, 0.05) is 0 Å². The van der Waals surface area contributed by atoms with Gasteiger partial charge in [-0.2, -0.15) is 0 Å². The molecule has 80 valence electrons. The lowest BCUT2D eigenvalue weighted by Gasteiger charge is -1.99. The Bertz CT molecular complexity index is 219. The highest BCUT2D eigenvalue weighted by atomic mass is 31.1. The third kappa shape index (κ3) is 6.88. The Morgan fingerprint density at radius 2 is 1.64 bits per heavy atom. The Labute approximate surface area is 88.3 Å². The van der Waals surface area contributed by atoms with Gasteiger partial charge in [-0.05, 0) is 19.1 Å². The van der Waals surface area contributed by atoms with Gasteiger partial charge >= 0.3 is 0 Å². The van der Waals surface area contributed by atoms with Crippen LogP contribution in [0.5, 0.6) is 5.75 Å². The fourth-order valence-corrected chi connectivity index (χ4v) is 0.901. The van der Waals surface area contributed by atoms with Crippen LogP contribution in [0.1, 0.15) is 32.3 Å². The normalized spacial score (nSPS) is 9.71. The van der Waals surface area contributed by atoms with E-state index in [0.29, 0.717) is 5.75 Å². The van der Waals surface area contributed by atoms with Crippen LogP contribution in [0.4, 0.5) is 0 Å². The SMILES string of the molecule is CCCC.Cc1ccc(OPO)cc1. The van der Waals surface area contributed by atoms with Crippen LogP contribution in [-0.2, 0) is 0 Å². The average molecular weight is 214 g/mol. The van der Waals surface area contributed by atoms with E-state index < -0.39 is 9.03 Å². The van der Waals surface area contributed by atoms with Gasteiger partial charge in [-0.1, -0.05) is 44.4 Å². The third-order valence-corrected chi connectivity index (χ3v) is 2.01. The lowest BCUT2D eigenvalue weighted by Crippen LogP contribution is -1.76. The number of hydrogen-bond acceptors (Lipinski definition) is 2. The first kappa shape index (κ1) is 13.4. The topological polar surface area (TPSA) is 29.5 Å². The molecule has 1 unspecified atom stereocenters. The van der Waals surface area contributed by atoms with Gasteiger partial charge in [0.2, 0.25) is 9.03 Å². The first-order chi connectivity index (χ1) is 6.74. The minimum absolute atomic E-state index is 0.468. The van der Waals surface area contributed by atoms with Crippen molar-refractivity contribution in [2.75, 3.05) is 0 Å². The van der Waals surface area contributed by atoms with Crippen molar-refractivity contribution in [1.29, 1.82) is 0 Å². The predicted octanol–water partition coefficient (Wildman–Crippen LogP) is 3.68. The molecule has 0 aliphatic rings. The first-order valence-corrected chi connectivity index (χ1v) is 5.72. The van der Waals surface area contributed by atoms with Gasteiger partial charge in [0.25, 0.3) is 0 Å². The summed E-state index contributed by atoms with van der Waals surface area (Å²) in [6.07, 6.45) is 2.64. The van der Waals surface area contributed by atoms with Crippen molar-refractivity contribution in [3.8, 4) is 5.75 Å². The lowest BCUT2D eigenvalue weighted by molar-refractivity contribution is 0.514. The second-order valence-corrected chi connectivity index (χ2v) is 3.39. The van der Waals surface area contributed by atoms with Crippen LogP contribution in [0.15, 0.2) is 24.3 Å². The molecule has 1 N–H and O–H groups in total. The molecular weight excluding hydrogens is 195 g/mol. The summed E-state index contributed by atoms with van der Waals surface area (Å²) >= 11 is 0. The van der Waals surface area contributed by atoms with Gasteiger partial charge < -0.3 is 9.42 Å². The third-order valence-electron chi connectivity index (χ3n) is 1.68. The van der Waals surface area contributed by atoms with Crippen LogP contribution in [0.3, 0.4) is 0 Å². The van der Waals surface area contributed by atoms with Crippen LogP contribution in [0, 0.1) is 6.92 Å². The maximum Gasteiger partial charge on any atom is 0.212 e. The van der Waals surface area contributed by atoms with Crippen molar-refractivity contribution >= 4 is 9.03 Å². The smallest absolute Gasteiger partial charge is 0.212 e. The van der Waals surface area contributed by atoms with Gasteiger partial charge in [-0.3, -0.25) is 0 Å². The van der Waals surface area contributed by atoms with E-state index in [9.17, 15) is 0 Å². The molecule has 0 aromatic heterocycles. The van der Waals surface area contributed by atoms with E-state index in [0.717, 1.165) is 0 Å². The maximum atomic E-state index is 8.39. The average Bonchev–Trinajstić information content (AvgIpc) is 2.22. The van der Waals surface area contributed by atoms with Crippen molar-refractivity contribution in [2.45, 2.75) is 33.6 Å². The molecule has 14 heavy (non-hydrogen) atoms. The van der Waals surface area contributed by atoms with Crippen LogP contribution in [0.25, 0.3) is 0 Å². The van der Waals surface area contributed by atoms with E-state index >= 15 is 0 Å². The Morgan fingerprint density at radius 3 is 2.00 bits per heavy atom. The molecule has 0 spiro atoms. The first-order valence-electron chi connectivity index (χ1n) is 4.87. The Morgan fingerprint density at radius 1 is 1.14 bits per heavy atom. The van der Waals surface area contributed by atoms with Crippen LogP contribution in [0.2, 0.25) is 0 Å². The molecule has 0 radical (unpaired) electrons. The van der Waals surface area contributed by atoms with Crippen LogP contribution in [-0.4, -0.2) is 4.89 Å². The summed E-state index contributed by atoms with van der Waals surface area (Å²) in [5.74, 6) is 0.714. The van der Waals surface area contributed by atoms with E-state index in [4.69, 9.17) is 9.42 Å². The number of benzene rings is 1. The Balaban J connectivity index is 0.000000364. The molecule has 2 nitrogen and oxygen atoms in total. The van der Waals surface area contributed by atoms with Crippen molar-refractivity contribution < 1.29 is 9.42 Å². The van der Waals surface area contributed by atoms with E-state index in [1.54, 1.807) is 0 Å². The maximum absolute atomic E-state index is 8.39. The van der Waals surface area contributed by atoms with Gasteiger partial charge in [0.1, 0.15) is 5.75 Å². The molecule has 0 saturated carbocycles. The molecule has 0 aliphatic carbocycles. The van der Waals surface area contributed by atoms with Gasteiger partial charge in [0.05, 0.1) is 0 Å². The number of rotatable bonds is 3. The summed E-state index contributed by atoms with van der Waals surface area (Å²) in [5, 5.41) is 0. The molecule has 0 fully saturated rings. The Kier molecular flexibility index (Phi) is 8.61. The zero-order valence-corrected chi connectivity index (χ0v) is 10.1. The van der Waals surface area contributed by atoms with Crippen molar-refractivity contribution in [3.05, 3.63) is 29.8 Å². The molecule has 1 atom stereocenters. The van der Waals surface area contributed by atoms with Crippen molar-refractivity contribution in [2.24, 2.45) is 0 Å². The molecule has 0 bridgehead atoms.